The van der Waals surface area contributed by atoms with E-state index < -0.39 is 29.1 Å². The monoisotopic (exact) mass is 389 g/mol. The van der Waals surface area contributed by atoms with Gasteiger partial charge in [-0.05, 0) is 56.2 Å². The van der Waals surface area contributed by atoms with Gasteiger partial charge < -0.3 is 14.7 Å². The summed E-state index contributed by atoms with van der Waals surface area (Å²) < 4.78 is 5.41. The molecular formula is C22H31NO5. The normalized spacial score (nSPS) is 17.2. The number of aromatic hydroxyl groups is 1. The molecule has 1 heterocycles. The van der Waals surface area contributed by atoms with Crippen LogP contribution in [0.5, 0.6) is 5.75 Å². The van der Waals surface area contributed by atoms with Crippen LogP contribution in [0.15, 0.2) is 24.3 Å². The fraction of sp³-hybridized carbons (Fsp3) is 0.591. The minimum absolute atomic E-state index is 0.220. The minimum Gasteiger partial charge on any atom is -0.508 e. The summed E-state index contributed by atoms with van der Waals surface area (Å²) >= 11 is 0. The topological polar surface area (TPSA) is 83.9 Å². The molecule has 0 saturated carbocycles. The number of carbonyl (C=O) groups is 3. The molecule has 0 bridgehead atoms. The number of hydrogen-bond acceptors (Lipinski definition) is 5. The summed E-state index contributed by atoms with van der Waals surface area (Å²) in [6.07, 6.45) is 4.10. The van der Waals surface area contributed by atoms with Crippen molar-refractivity contribution >= 4 is 17.7 Å². The summed E-state index contributed by atoms with van der Waals surface area (Å²) in [6.45, 7) is 6.06. The molecule has 1 N–H and O–H groups in total. The molecule has 28 heavy (non-hydrogen) atoms. The number of hydrogen-bond donors (Lipinski definition) is 1. The zero-order chi connectivity index (χ0) is 20.7. The van der Waals surface area contributed by atoms with Crippen molar-refractivity contribution < 1.29 is 24.2 Å². The molecule has 1 saturated heterocycles. The summed E-state index contributed by atoms with van der Waals surface area (Å²) in [5, 5.41) is 9.29. The van der Waals surface area contributed by atoms with Gasteiger partial charge in [0.25, 0.3) is 5.91 Å². The molecule has 1 aromatic carbocycles. The van der Waals surface area contributed by atoms with Gasteiger partial charge in [0.15, 0.2) is 0 Å². The Morgan fingerprint density at radius 1 is 1.18 bits per heavy atom. The molecule has 1 amide bonds. The average molecular weight is 389 g/mol. The molecular weight excluding hydrogens is 358 g/mol. The van der Waals surface area contributed by atoms with Crippen LogP contribution in [0.2, 0.25) is 0 Å². The number of ketones is 1. The van der Waals surface area contributed by atoms with Crippen molar-refractivity contribution in [1.82, 2.24) is 4.90 Å². The molecule has 0 spiro atoms. The molecule has 0 aromatic heterocycles. The fourth-order valence-corrected chi connectivity index (χ4v) is 3.21. The number of ether oxygens (including phenoxy) is 1. The van der Waals surface area contributed by atoms with Crippen LogP contribution in [0.4, 0.5) is 0 Å². The summed E-state index contributed by atoms with van der Waals surface area (Å²) in [6, 6.07) is 6.25. The number of aryl methyl sites for hydroxylation is 1. The number of Topliss-reactive ketones (excluding diaryl/α,β-unsaturated/α-hetero) is 1. The Balaban J connectivity index is 1.89. The highest BCUT2D eigenvalue weighted by molar-refractivity contribution is 6.38. The molecule has 1 aliphatic heterocycles. The van der Waals surface area contributed by atoms with Crippen molar-refractivity contribution in [3.63, 3.8) is 0 Å². The quantitative estimate of drug-likeness (QED) is 0.419. The first-order chi connectivity index (χ1) is 13.3. The molecule has 6 heteroatoms. The second kappa shape index (κ2) is 9.71. The van der Waals surface area contributed by atoms with Crippen molar-refractivity contribution in [2.75, 3.05) is 13.2 Å². The maximum absolute atomic E-state index is 12.7. The third-order valence-electron chi connectivity index (χ3n) is 5.52. The van der Waals surface area contributed by atoms with Gasteiger partial charge in [-0.25, -0.2) is 4.79 Å². The van der Waals surface area contributed by atoms with E-state index in [1.807, 2.05) is 19.1 Å². The van der Waals surface area contributed by atoms with Gasteiger partial charge in [-0.1, -0.05) is 32.9 Å². The van der Waals surface area contributed by atoms with Crippen molar-refractivity contribution in [2.24, 2.45) is 5.41 Å². The van der Waals surface area contributed by atoms with E-state index in [1.54, 1.807) is 26.0 Å². The summed E-state index contributed by atoms with van der Waals surface area (Å²) in [4.78, 5) is 39.2. The summed E-state index contributed by atoms with van der Waals surface area (Å²) in [5.74, 6) is -1.22. The van der Waals surface area contributed by atoms with E-state index >= 15 is 0 Å². The minimum atomic E-state index is -0.729. The lowest BCUT2D eigenvalue weighted by atomic mass is 9.84. The zero-order valence-electron chi connectivity index (χ0n) is 17.1. The van der Waals surface area contributed by atoms with Crippen LogP contribution in [-0.4, -0.2) is 46.9 Å². The molecule has 1 unspecified atom stereocenters. The number of esters is 1. The number of amides is 1. The van der Waals surface area contributed by atoms with Gasteiger partial charge in [0.05, 0.1) is 6.61 Å². The van der Waals surface area contributed by atoms with Crippen LogP contribution in [-0.2, 0) is 25.5 Å². The van der Waals surface area contributed by atoms with E-state index in [9.17, 15) is 19.5 Å². The molecule has 0 aliphatic carbocycles. The van der Waals surface area contributed by atoms with E-state index in [-0.39, 0.29) is 12.4 Å². The molecule has 0 radical (unpaired) electrons. The predicted octanol–water partition coefficient (Wildman–Crippen LogP) is 3.25. The Labute approximate surface area is 166 Å². The van der Waals surface area contributed by atoms with Gasteiger partial charge in [-0.2, -0.15) is 0 Å². The number of piperidine rings is 1. The lowest BCUT2D eigenvalue weighted by Crippen LogP contribution is -2.53. The lowest BCUT2D eigenvalue weighted by molar-refractivity contribution is -0.161. The van der Waals surface area contributed by atoms with Gasteiger partial charge >= 0.3 is 5.97 Å². The van der Waals surface area contributed by atoms with Crippen molar-refractivity contribution in [3.05, 3.63) is 29.8 Å². The van der Waals surface area contributed by atoms with Crippen LogP contribution in [0.3, 0.4) is 0 Å². The summed E-state index contributed by atoms with van der Waals surface area (Å²) in [5.41, 5.74) is 0.323. The number of nitrogens with zero attached hydrogens (tertiary/aromatic N) is 1. The molecule has 1 fully saturated rings. The van der Waals surface area contributed by atoms with Crippen molar-refractivity contribution in [1.29, 1.82) is 0 Å². The Bertz CT molecular complexity index is 695. The van der Waals surface area contributed by atoms with E-state index in [0.29, 0.717) is 25.8 Å². The SMILES string of the molecule is CCC(C)(C)C(=O)C(=O)N1CCCCC1C(=O)OCCCc1ccc(O)cc1. The zero-order valence-corrected chi connectivity index (χ0v) is 17.1. The predicted molar refractivity (Wildman–Crippen MR) is 106 cm³/mol. The van der Waals surface area contributed by atoms with E-state index in [2.05, 4.69) is 0 Å². The number of carbonyl (C=O) groups excluding carboxylic acids is 3. The van der Waals surface area contributed by atoms with Gasteiger partial charge in [-0.15, -0.1) is 0 Å². The maximum atomic E-state index is 12.7. The smallest absolute Gasteiger partial charge is 0.328 e. The van der Waals surface area contributed by atoms with Gasteiger partial charge in [0.2, 0.25) is 5.78 Å². The number of phenols is 1. The Morgan fingerprint density at radius 2 is 1.86 bits per heavy atom. The first-order valence-corrected chi connectivity index (χ1v) is 10.1. The van der Waals surface area contributed by atoms with Gasteiger partial charge in [0, 0.05) is 12.0 Å². The number of likely N-dealkylation sites (tertiary alicyclic amines) is 1. The van der Waals surface area contributed by atoms with E-state index in [1.165, 1.54) is 4.90 Å². The fourth-order valence-electron chi connectivity index (χ4n) is 3.21. The van der Waals surface area contributed by atoms with Gasteiger partial charge in [-0.3, -0.25) is 9.59 Å². The van der Waals surface area contributed by atoms with E-state index in [4.69, 9.17) is 4.74 Å². The van der Waals surface area contributed by atoms with Crippen LogP contribution in [0.1, 0.15) is 58.4 Å². The molecule has 6 nitrogen and oxygen atoms in total. The highest BCUT2D eigenvalue weighted by Gasteiger charge is 2.40. The standard InChI is InChI=1S/C22H31NO5/c1-4-22(2,3)19(25)20(26)23-14-6-5-9-18(23)21(27)28-15-7-8-16-10-12-17(24)13-11-16/h10-13,18,24H,4-9,14-15H2,1-3H3. The number of benzene rings is 1. The van der Waals surface area contributed by atoms with E-state index in [0.717, 1.165) is 24.8 Å². The lowest BCUT2D eigenvalue weighted by Gasteiger charge is -2.35. The van der Waals surface area contributed by atoms with Crippen molar-refractivity contribution in [3.8, 4) is 5.75 Å². The summed E-state index contributed by atoms with van der Waals surface area (Å²) in [7, 11) is 0. The molecule has 154 valence electrons. The van der Waals surface area contributed by atoms with Crippen LogP contribution < -0.4 is 0 Å². The highest BCUT2D eigenvalue weighted by atomic mass is 16.5. The molecule has 1 aromatic rings. The first-order valence-electron chi connectivity index (χ1n) is 10.1. The third-order valence-corrected chi connectivity index (χ3v) is 5.52. The molecule has 1 aliphatic rings. The van der Waals surface area contributed by atoms with Crippen LogP contribution >= 0.6 is 0 Å². The third kappa shape index (κ3) is 5.57. The number of rotatable bonds is 8. The average Bonchev–Trinajstić information content (AvgIpc) is 2.71. The van der Waals surface area contributed by atoms with Crippen LogP contribution in [0.25, 0.3) is 0 Å². The van der Waals surface area contributed by atoms with Crippen LogP contribution in [0, 0.1) is 5.41 Å². The Hall–Kier alpha value is -2.37. The Kier molecular flexibility index (Phi) is 7.61. The largest absolute Gasteiger partial charge is 0.508 e. The second-order valence-corrected chi connectivity index (χ2v) is 8.01. The first kappa shape index (κ1) is 21.9. The molecule has 1 atom stereocenters. The Morgan fingerprint density at radius 3 is 2.50 bits per heavy atom. The van der Waals surface area contributed by atoms with Crippen molar-refractivity contribution in [2.45, 2.75) is 65.3 Å². The number of phenolic OH excluding ortho intramolecular Hbond substituents is 1. The second-order valence-electron chi connectivity index (χ2n) is 8.01. The molecule has 2 rings (SSSR count). The highest BCUT2D eigenvalue weighted by Crippen LogP contribution is 2.25. The maximum Gasteiger partial charge on any atom is 0.328 e. The van der Waals surface area contributed by atoms with Gasteiger partial charge in [0.1, 0.15) is 11.8 Å².